The van der Waals surface area contributed by atoms with Gasteiger partial charge in [0.2, 0.25) is 10.0 Å². The minimum atomic E-state index is -3.86. The van der Waals surface area contributed by atoms with Crippen LogP contribution in [0.3, 0.4) is 0 Å². The van der Waals surface area contributed by atoms with E-state index in [-0.39, 0.29) is 36.6 Å². The van der Waals surface area contributed by atoms with Crippen LogP contribution in [0.2, 0.25) is 0 Å². The van der Waals surface area contributed by atoms with Crippen LogP contribution in [0, 0.1) is 12.8 Å². The molecule has 0 spiro atoms. The van der Waals surface area contributed by atoms with Crippen molar-refractivity contribution in [2.75, 3.05) is 65.1 Å². The Hall–Kier alpha value is -3.03. The highest BCUT2D eigenvalue weighted by Crippen LogP contribution is 2.36. The maximum absolute atomic E-state index is 13.8. The van der Waals surface area contributed by atoms with E-state index in [4.69, 9.17) is 23.7 Å². The molecule has 1 fully saturated rings. The normalized spacial score (nSPS) is 21.2. The quantitative estimate of drug-likeness (QED) is 0.204. The van der Waals surface area contributed by atoms with Crippen molar-refractivity contribution >= 4 is 15.7 Å². The van der Waals surface area contributed by atoms with Crippen molar-refractivity contribution in [1.82, 2.24) is 4.31 Å². The van der Waals surface area contributed by atoms with Crippen molar-refractivity contribution in [1.29, 1.82) is 0 Å². The fourth-order valence-corrected chi connectivity index (χ4v) is 7.89. The van der Waals surface area contributed by atoms with E-state index in [0.717, 1.165) is 53.2 Å². The number of aryl methyl sites for hydroxylation is 1. The molecule has 11 heteroatoms. The molecule has 5 rings (SSSR count). The summed E-state index contributed by atoms with van der Waals surface area (Å²) in [5.74, 6) is 0.661. The number of β-amino-alcohol motifs (C(OH)–C–C–N with tert-alkyl or cyclic N) is 1. The van der Waals surface area contributed by atoms with Gasteiger partial charge in [-0.3, -0.25) is 0 Å². The minimum absolute atomic E-state index is 0.0339. The van der Waals surface area contributed by atoms with Gasteiger partial charge in [-0.2, -0.15) is 4.31 Å². The smallest absolute Gasteiger partial charge is 0.243 e. The average molecular weight is 697 g/mol. The summed E-state index contributed by atoms with van der Waals surface area (Å²) >= 11 is 0. The zero-order valence-corrected chi connectivity index (χ0v) is 30.2. The Labute approximate surface area is 291 Å². The molecule has 2 aliphatic rings. The first-order valence-electron chi connectivity index (χ1n) is 17.2. The monoisotopic (exact) mass is 696 g/mol. The topological polar surface area (TPSA) is 107 Å². The van der Waals surface area contributed by atoms with Crippen molar-refractivity contribution in [2.24, 2.45) is 5.92 Å². The van der Waals surface area contributed by atoms with E-state index in [1.165, 1.54) is 4.31 Å². The highest BCUT2D eigenvalue weighted by atomic mass is 32.2. The molecule has 0 unspecified atom stereocenters. The fraction of sp³-hybridized carbons (Fsp3) is 0.526. The first-order valence-corrected chi connectivity index (χ1v) is 18.6. The van der Waals surface area contributed by atoms with Crippen LogP contribution in [0.4, 0.5) is 5.69 Å². The number of methoxy groups -OCH3 is 2. The molecule has 49 heavy (non-hydrogen) atoms. The molecule has 0 radical (unpaired) electrons. The van der Waals surface area contributed by atoms with Crippen LogP contribution in [-0.2, 0) is 42.2 Å². The van der Waals surface area contributed by atoms with Gasteiger partial charge >= 0.3 is 0 Å². The van der Waals surface area contributed by atoms with E-state index in [9.17, 15) is 13.5 Å². The van der Waals surface area contributed by atoms with Crippen molar-refractivity contribution in [3.05, 3.63) is 89.0 Å². The molecule has 0 aliphatic carbocycles. The lowest BCUT2D eigenvalue weighted by Crippen LogP contribution is -2.53. The Kier molecular flexibility index (Phi) is 13.1. The maximum atomic E-state index is 13.8. The zero-order valence-electron chi connectivity index (χ0n) is 29.4. The Morgan fingerprint density at radius 3 is 2.41 bits per heavy atom. The molecule has 5 atom stereocenters. The van der Waals surface area contributed by atoms with Crippen LogP contribution < -0.4 is 9.64 Å². The molecule has 1 saturated heterocycles. The fourth-order valence-electron chi connectivity index (χ4n) is 6.42. The molecule has 2 heterocycles. The van der Waals surface area contributed by atoms with E-state index in [1.807, 2.05) is 50.2 Å². The average Bonchev–Trinajstić information content (AvgIpc) is 3.11. The number of anilines is 1. The highest BCUT2D eigenvalue weighted by Gasteiger charge is 2.42. The number of rotatable bonds is 16. The molecular weight excluding hydrogens is 644 g/mol. The molecule has 0 amide bonds. The standard InChI is InChI=1S/C38H52N2O8S/c1-27-7-14-33(15-8-27)49(42,43)40-22-35(41)38(32-12-9-30(10-13-32)25-46-24-28(2)29(3)45-5)37(23-40)48-26-31-11-16-36-34(21-31)39(18-20-47-36)17-6-19-44-4/h7-16,21,28-29,35,37-38,41H,6,17-20,22-26H2,1-5H3/t28-,29+,35-,37+,38+/m1/s1. The number of sulfonamides is 1. The summed E-state index contributed by atoms with van der Waals surface area (Å²) in [6.07, 6.45) is -0.574. The SMILES string of the molecule is COCCCN1CCOc2ccc(CO[C@H]3CN(S(=O)(=O)c4ccc(C)cc4)C[C@@H](O)[C@@H]3c3ccc(COC[C@@H](C)[C@H](C)OC)cc3)cc21. The van der Waals surface area contributed by atoms with Gasteiger partial charge in [0.15, 0.2) is 0 Å². The number of hydrogen-bond acceptors (Lipinski definition) is 9. The van der Waals surface area contributed by atoms with E-state index in [2.05, 4.69) is 17.9 Å². The number of benzene rings is 3. The number of fused-ring (bicyclic) bond motifs is 1. The molecule has 2 aliphatic heterocycles. The summed E-state index contributed by atoms with van der Waals surface area (Å²) in [5.41, 5.74) is 4.82. The molecule has 1 N–H and O–H groups in total. The summed E-state index contributed by atoms with van der Waals surface area (Å²) in [7, 11) is -0.450. The van der Waals surface area contributed by atoms with Gasteiger partial charge in [0.25, 0.3) is 0 Å². The van der Waals surface area contributed by atoms with Gasteiger partial charge < -0.3 is 33.7 Å². The van der Waals surface area contributed by atoms with E-state index < -0.39 is 28.1 Å². The minimum Gasteiger partial charge on any atom is -0.490 e. The van der Waals surface area contributed by atoms with Gasteiger partial charge in [0.05, 0.1) is 55.3 Å². The third-order valence-corrected chi connectivity index (χ3v) is 11.5. The van der Waals surface area contributed by atoms with Gasteiger partial charge in [-0.05, 0) is 61.2 Å². The number of piperidine rings is 1. The van der Waals surface area contributed by atoms with Crippen LogP contribution in [0.1, 0.15) is 48.4 Å². The highest BCUT2D eigenvalue weighted by molar-refractivity contribution is 7.89. The maximum Gasteiger partial charge on any atom is 0.243 e. The van der Waals surface area contributed by atoms with Gasteiger partial charge in [0, 0.05) is 52.3 Å². The van der Waals surface area contributed by atoms with Gasteiger partial charge in [-0.1, -0.05) is 55.0 Å². The third-order valence-electron chi connectivity index (χ3n) is 9.66. The molecule has 10 nitrogen and oxygen atoms in total. The number of aliphatic hydroxyl groups excluding tert-OH is 1. The lowest BCUT2D eigenvalue weighted by Gasteiger charge is -2.41. The molecule has 0 bridgehead atoms. The van der Waals surface area contributed by atoms with Crippen molar-refractivity contribution in [3.8, 4) is 5.75 Å². The first kappa shape index (κ1) is 37.2. The van der Waals surface area contributed by atoms with Gasteiger partial charge in [0.1, 0.15) is 12.4 Å². The lowest BCUT2D eigenvalue weighted by molar-refractivity contribution is -0.0534. The molecule has 3 aromatic carbocycles. The first-order chi connectivity index (χ1) is 23.6. The molecule has 0 aromatic heterocycles. The van der Waals surface area contributed by atoms with E-state index in [1.54, 1.807) is 38.5 Å². The largest absolute Gasteiger partial charge is 0.490 e. The van der Waals surface area contributed by atoms with E-state index in [0.29, 0.717) is 26.4 Å². The third kappa shape index (κ3) is 9.40. The number of hydrogen-bond donors (Lipinski definition) is 1. The predicted molar refractivity (Wildman–Crippen MR) is 190 cm³/mol. The Morgan fingerprint density at radius 1 is 0.959 bits per heavy atom. The van der Waals surface area contributed by atoms with Crippen LogP contribution in [0.15, 0.2) is 71.6 Å². The Balaban J connectivity index is 1.35. The van der Waals surface area contributed by atoms with Gasteiger partial charge in [-0.15, -0.1) is 0 Å². The van der Waals surface area contributed by atoms with Crippen LogP contribution in [-0.4, -0.2) is 96.4 Å². The van der Waals surface area contributed by atoms with Crippen molar-refractivity contribution in [2.45, 2.75) is 69.5 Å². The summed E-state index contributed by atoms with van der Waals surface area (Å²) in [6.45, 7) is 10.4. The molecule has 268 valence electrons. The van der Waals surface area contributed by atoms with Crippen molar-refractivity contribution in [3.63, 3.8) is 0 Å². The second-order valence-corrected chi connectivity index (χ2v) is 15.2. The number of ether oxygens (including phenoxy) is 5. The molecule has 3 aromatic rings. The second kappa shape index (κ2) is 17.3. The summed E-state index contributed by atoms with van der Waals surface area (Å²) < 4.78 is 58.0. The van der Waals surface area contributed by atoms with Crippen LogP contribution >= 0.6 is 0 Å². The Morgan fingerprint density at radius 2 is 1.69 bits per heavy atom. The molecular formula is C38H52N2O8S. The lowest BCUT2D eigenvalue weighted by atomic mass is 9.85. The summed E-state index contributed by atoms with van der Waals surface area (Å²) in [4.78, 5) is 2.50. The van der Waals surface area contributed by atoms with Gasteiger partial charge in [-0.25, -0.2) is 8.42 Å². The zero-order chi connectivity index (χ0) is 35.0. The summed E-state index contributed by atoms with van der Waals surface area (Å²) in [6, 6.07) is 20.8. The second-order valence-electron chi connectivity index (χ2n) is 13.2. The predicted octanol–water partition coefficient (Wildman–Crippen LogP) is 5.15. The molecule has 0 saturated carbocycles. The van der Waals surface area contributed by atoms with Crippen LogP contribution in [0.5, 0.6) is 5.75 Å². The van der Waals surface area contributed by atoms with Crippen molar-refractivity contribution < 1.29 is 37.2 Å². The Bertz CT molecular complexity index is 1580. The van der Waals surface area contributed by atoms with E-state index >= 15 is 0 Å². The number of aliphatic hydroxyl groups is 1. The number of nitrogens with zero attached hydrogens (tertiary/aromatic N) is 2. The van der Waals surface area contributed by atoms with Crippen LogP contribution in [0.25, 0.3) is 0 Å². The summed E-state index contributed by atoms with van der Waals surface area (Å²) in [5, 5.41) is 11.6.